The fraction of sp³-hybridized carbons (Fsp3) is 0.750. The summed E-state index contributed by atoms with van der Waals surface area (Å²) < 4.78 is 2.00. The van der Waals surface area contributed by atoms with Gasteiger partial charge in [-0.15, -0.1) is 12.4 Å². The number of hydrogen-bond acceptors (Lipinski definition) is 3. The van der Waals surface area contributed by atoms with Crippen molar-refractivity contribution in [3.8, 4) is 0 Å². The summed E-state index contributed by atoms with van der Waals surface area (Å²) in [6.45, 7) is 1.69. The third-order valence-corrected chi connectivity index (χ3v) is 5.73. The highest BCUT2D eigenvalue weighted by Gasteiger charge is 2.42. The van der Waals surface area contributed by atoms with Crippen molar-refractivity contribution in [2.45, 2.75) is 50.6 Å². The molecule has 0 radical (unpaired) electrons. The second-order valence-electron chi connectivity index (χ2n) is 6.99. The normalized spacial score (nSPS) is 31.3. The molecule has 0 spiro atoms. The SMILES string of the molecule is Cl.NC1CCC2CN(C(=O)c3ccn(C4CCCC4)n3)CC12. The molecule has 1 saturated heterocycles. The number of rotatable bonds is 2. The molecule has 2 aliphatic carbocycles. The zero-order valence-corrected chi connectivity index (χ0v) is 13.7. The minimum absolute atomic E-state index is 0. The smallest absolute Gasteiger partial charge is 0.274 e. The highest BCUT2D eigenvalue weighted by molar-refractivity contribution is 5.92. The first-order valence-electron chi connectivity index (χ1n) is 8.32. The number of fused-ring (bicyclic) bond motifs is 1. The highest BCUT2D eigenvalue weighted by atomic mass is 35.5. The van der Waals surface area contributed by atoms with Crippen LogP contribution in [0.4, 0.5) is 0 Å². The first-order chi connectivity index (χ1) is 10.2. The van der Waals surface area contributed by atoms with Gasteiger partial charge in [-0.05, 0) is 43.6 Å². The Bertz CT molecular complexity index is 540. The van der Waals surface area contributed by atoms with Crippen LogP contribution >= 0.6 is 12.4 Å². The molecule has 1 aromatic rings. The minimum atomic E-state index is 0. The second kappa shape index (κ2) is 6.20. The molecule has 0 aromatic carbocycles. The molecule has 1 aromatic heterocycles. The first-order valence-corrected chi connectivity index (χ1v) is 8.32. The van der Waals surface area contributed by atoms with E-state index >= 15 is 0 Å². The van der Waals surface area contributed by atoms with Crippen LogP contribution in [0, 0.1) is 11.8 Å². The predicted octanol–water partition coefficient (Wildman–Crippen LogP) is 2.23. The fourth-order valence-electron chi connectivity index (χ4n) is 4.46. The topological polar surface area (TPSA) is 64.2 Å². The third-order valence-electron chi connectivity index (χ3n) is 5.73. The number of carbonyl (C=O) groups excluding carboxylic acids is 1. The number of aromatic nitrogens is 2. The monoisotopic (exact) mass is 324 g/mol. The average molecular weight is 325 g/mol. The molecule has 5 nitrogen and oxygen atoms in total. The van der Waals surface area contributed by atoms with E-state index in [1.807, 2.05) is 21.8 Å². The Morgan fingerprint density at radius 3 is 2.68 bits per heavy atom. The number of amides is 1. The number of nitrogens with two attached hydrogens (primary N) is 1. The van der Waals surface area contributed by atoms with Gasteiger partial charge in [-0.25, -0.2) is 0 Å². The largest absolute Gasteiger partial charge is 0.337 e. The number of likely N-dealkylation sites (tertiary alicyclic amines) is 1. The maximum absolute atomic E-state index is 12.6. The van der Waals surface area contributed by atoms with Crippen molar-refractivity contribution in [3.05, 3.63) is 18.0 Å². The number of hydrogen-bond donors (Lipinski definition) is 1. The van der Waals surface area contributed by atoms with Gasteiger partial charge in [0.05, 0.1) is 6.04 Å². The molecule has 2 N–H and O–H groups in total. The van der Waals surface area contributed by atoms with E-state index in [9.17, 15) is 4.79 Å². The molecule has 1 amide bonds. The molecule has 0 bridgehead atoms. The molecule has 3 fully saturated rings. The Hall–Kier alpha value is -1.07. The Morgan fingerprint density at radius 1 is 1.18 bits per heavy atom. The molecule has 22 heavy (non-hydrogen) atoms. The van der Waals surface area contributed by atoms with Crippen LogP contribution in [0.1, 0.15) is 55.1 Å². The zero-order chi connectivity index (χ0) is 14.4. The standard InChI is InChI=1S/C16H24N4O.ClH/c17-14-6-5-11-9-19(10-13(11)14)16(21)15-7-8-20(18-15)12-3-1-2-4-12;/h7-8,11-14H,1-6,9-10,17H2;1H. The lowest BCUT2D eigenvalue weighted by Crippen LogP contribution is -2.33. The lowest BCUT2D eigenvalue weighted by molar-refractivity contribution is 0.0772. The highest BCUT2D eigenvalue weighted by Crippen LogP contribution is 2.37. The lowest BCUT2D eigenvalue weighted by atomic mass is 9.98. The number of nitrogens with zero attached hydrogens (tertiary/aromatic N) is 3. The van der Waals surface area contributed by atoms with Crippen molar-refractivity contribution in [3.63, 3.8) is 0 Å². The molecule has 3 atom stereocenters. The molecule has 3 aliphatic rings. The van der Waals surface area contributed by atoms with Gasteiger partial charge in [-0.3, -0.25) is 9.48 Å². The van der Waals surface area contributed by atoms with E-state index in [1.165, 1.54) is 32.1 Å². The molecular formula is C16H25ClN4O. The second-order valence-corrected chi connectivity index (χ2v) is 6.99. The number of carbonyl (C=O) groups is 1. The Balaban J connectivity index is 0.00000144. The molecular weight excluding hydrogens is 300 g/mol. The van der Waals surface area contributed by atoms with Gasteiger partial charge < -0.3 is 10.6 Å². The van der Waals surface area contributed by atoms with Crippen molar-refractivity contribution in [1.82, 2.24) is 14.7 Å². The van der Waals surface area contributed by atoms with Crippen LogP contribution in [0.15, 0.2) is 12.3 Å². The minimum Gasteiger partial charge on any atom is -0.337 e. The maximum atomic E-state index is 12.6. The average Bonchev–Trinajstić information content (AvgIpc) is 3.25. The van der Waals surface area contributed by atoms with Crippen LogP contribution in [-0.4, -0.2) is 39.7 Å². The van der Waals surface area contributed by atoms with E-state index in [0.717, 1.165) is 19.5 Å². The molecule has 122 valence electrons. The zero-order valence-electron chi connectivity index (χ0n) is 12.9. The molecule has 6 heteroatoms. The van der Waals surface area contributed by atoms with Crippen molar-refractivity contribution in [2.24, 2.45) is 17.6 Å². The van der Waals surface area contributed by atoms with E-state index in [-0.39, 0.29) is 24.4 Å². The van der Waals surface area contributed by atoms with Gasteiger partial charge in [0.25, 0.3) is 5.91 Å². The number of halogens is 1. The van der Waals surface area contributed by atoms with Crippen LogP contribution in [-0.2, 0) is 0 Å². The lowest BCUT2D eigenvalue weighted by Gasteiger charge is -2.17. The predicted molar refractivity (Wildman–Crippen MR) is 87.1 cm³/mol. The van der Waals surface area contributed by atoms with Gasteiger partial charge in [0.15, 0.2) is 0 Å². The van der Waals surface area contributed by atoms with Gasteiger partial charge >= 0.3 is 0 Å². The molecule has 4 rings (SSSR count). The van der Waals surface area contributed by atoms with Crippen molar-refractivity contribution in [2.75, 3.05) is 13.1 Å². The van der Waals surface area contributed by atoms with Crippen LogP contribution in [0.25, 0.3) is 0 Å². The quantitative estimate of drug-likeness (QED) is 0.907. The first kappa shape index (κ1) is 15.8. The molecule has 2 saturated carbocycles. The van der Waals surface area contributed by atoms with E-state index in [2.05, 4.69) is 5.10 Å². The van der Waals surface area contributed by atoms with E-state index in [1.54, 1.807) is 0 Å². The summed E-state index contributed by atoms with van der Waals surface area (Å²) in [7, 11) is 0. The summed E-state index contributed by atoms with van der Waals surface area (Å²) in [5, 5.41) is 4.54. The summed E-state index contributed by atoms with van der Waals surface area (Å²) >= 11 is 0. The molecule has 1 aliphatic heterocycles. The molecule has 3 unspecified atom stereocenters. The van der Waals surface area contributed by atoms with Gasteiger partial charge in [-0.2, -0.15) is 5.10 Å². The Labute approximate surface area is 137 Å². The van der Waals surface area contributed by atoms with Crippen LogP contribution in [0.2, 0.25) is 0 Å². The van der Waals surface area contributed by atoms with Crippen molar-refractivity contribution in [1.29, 1.82) is 0 Å². The van der Waals surface area contributed by atoms with Crippen LogP contribution in [0.3, 0.4) is 0 Å². The maximum Gasteiger partial charge on any atom is 0.274 e. The van der Waals surface area contributed by atoms with Crippen molar-refractivity contribution < 1.29 is 4.79 Å². The van der Waals surface area contributed by atoms with E-state index in [0.29, 0.717) is 23.6 Å². The Kier molecular flexibility index (Phi) is 4.46. The van der Waals surface area contributed by atoms with Crippen LogP contribution in [0.5, 0.6) is 0 Å². The van der Waals surface area contributed by atoms with Gasteiger partial charge in [0.2, 0.25) is 0 Å². The molecule has 2 heterocycles. The van der Waals surface area contributed by atoms with Crippen molar-refractivity contribution >= 4 is 18.3 Å². The summed E-state index contributed by atoms with van der Waals surface area (Å²) in [6, 6.07) is 2.66. The van der Waals surface area contributed by atoms with Gasteiger partial charge in [0, 0.05) is 25.3 Å². The summed E-state index contributed by atoms with van der Waals surface area (Å²) in [5.74, 6) is 1.21. The summed E-state index contributed by atoms with van der Waals surface area (Å²) in [4.78, 5) is 14.6. The third kappa shape index (κ3) is 2.65. The summed E-state index contributed by atoms with van der Waals surface area (Å²) in [5.41, 5.74) is 6.76. The fourth-order valence-corrected chi connectivity index (χ4v) is 4.46. The van der Waals surface area contributed by atoms with E-state index in [4.69, 9.17) is 5.73 Å². The van der Waals surface area contributed by atoms with Gasteiger partial charge in [0.1, 0.15) is 5.69 Å². The summed E-state index contributed by atoms with van der Waals surface area (Å²) in [6.07, 6.45) is 9.21. The Morgan fingerprint density at radius 2 is 1.95 bits per heavy atom. The van der Waals surface area contributed by atoms with Gasteiger partial charge in [-0.1, -0.05) is 12.8 Å². The van der Waals surface area contributed by atoms with Crippen LogP contribution < -0.4 is 5.73 Å². The van der Waals surface area contributed by atoms with E-state index < -0.39 is 0 Å².